The standard InChI is InChI=1S/C17H28N4O4.HI/c1-18-17(20-7-4-10-23-13-14-5-2-11-24-14)21-9-8-19-16(22)15-6-3-12-25-15;/h3,6,12,14H,2,4-5,7-11,13H2,1H3,(H,19,22)(H2,18,20,21);1H. The molecule has 1 aliphatic heterocycles. The Hall–Kier alpha value is -1.33. The van der Waals surface area contributed by atoms with E-state index in [4.69, 9.17) is 13.9 Å². The van der Waals surface area contributed by atoms with Crippen molar-refractivity contribution < 1.29 is 18.7 Å². The Morgan fingerprint density at radius 3 is 2.81 bits per heavy atom. The van der Waals surface area contributed by atoms with Crippen molar-refractivity contribution in [2.45, 2.75) is 25.4 Å². The van der Waals surface area contributed by atoms with E-state index < -0.39 is 0 Å². The maximum absolute atomic E-state index is 11.7. The highest BCUT2D eigenvalue weighted by molar-refractivity contribution is 14.0. The van der Waals surface area contributed by atoms with Gasteiger partial charge in [0.05, 0.1) is 19.0 Å². The third-order valence-electron chi connectivity index (χ3n) is 3.76. The summed E-state index contributed by atoms with van der Waals surface area (Å²) in [6, 6.07) is 3.31. The molecule has 8 nitrogen and oxygen atoms in total. The number of rotatable bonds is 10. The second-order valence-electron chi connectivity index (χ2n) is 5.72. The molecule has 0 spiro atoms. The molecule has 1 fully saturated rings. The van der Waals surface area contributed by atoms with E-state index in [1.807, 2.05) is 0 Å². The molecule has 148 valence electrons. The second kappa shape index (κ2) is 13.8. The lowest BCUT2D eigenvalue weighted by atomic mass is 10.2. The first kappa shape index (κ1) is 22.7. The van der Waals surface area contributed by atoms with Crippen LogP contribution in [0.3, 0.4) is 0 Å². The maximum atomic E-state index is 11.7. The first-order valence-corrected chi connectivity index (χ1v) is 8.75. The lowest BCUT2D eigenvalue weighted by molar-refractivity contribution is 0.0168. The molecule has 1 unspecified atom stereocenters. The molecule has 1 aliphatic rings. The van der Waals surface area contributed by atoms with Gasteiger partial charge in [0.15, 0.2) is 11.7 Å². The number of guanidine groups is 1. The molecule has 1 aromatic heterocycles. The Labute approximate surface area is 171 Å². The van der Waals surface area contributed by atoms with Crippen molar-refractivity contribution in [3.8, 4) is 0 Å². The number of aliphatic imine (C=N–C) groups is 1. The Morgan fingerprint density at radius 1 is 1.31 bits per heavy atom. The largest absolute Gasteiger partial charge is 0.459 e. The van der Waals surface area contributed by atoms with E-state index in [-0.39, 0.29) is 36.0 Å². The van der Waals surface area contributed by atoms with Gasteiger partial charge in [-0.2, -0.15) is 0 Å². The van der Waals surface area contributed by atoms with Crippen LogP contribution in [-0.4, -0.2) is 64.5 Å². The third kappa shape index (κ3) is 8.86. The summed E-state index contributed by atoms with van der Waals surface area (Å²) < 4.78 is 16.1. The minimum Gasteiger partial charge on any atom is -0.459 e. The van der Waals surface area contributed by atoms with Crippen molar-refractivity contribution in [1.82, 2.24) is 16.0 Å². The number of amides is 1. The Bertz CT molecular complexity index is 519. The van der Waals surface area contributed by atoms with Crippen LogP contribution in [0.25, 0.3) is 0 Å². The summed E-state index contributed by atoms with van der Waals surface area (Å²) in [5.41, 5.74) is 0. The van der Waals surface area contributed by atoms with Crippen LogP contribution in [0, 0.1) is 0 Å². The average molecular weight is 480 g/mol. The van der Waals surface area contributed by atoms with Gasteiger partial charge in [0.1, 0.15) is 0 Å². The molecule has 3 N–H and O–H groups in total. The van der Waals surface area contributed by atoms with Gasteiger partial charge in [-0.05, 0) is 31.4 Å². The predicted octanol–water partition coefficient (Wildman–Crippen LogP) is 1.38. The molecule has 9 heteroatoms. The van der Waals surface area contributed by atoms with Gasteiger partial charge in [-0.3, -0.25) is 9.79 Å². The lowest BCUT2D eigenvalue weighted by Crippen LogP contribution is -2.42. The van der Waals surface area contributed by atoms with Crippen molar-refractivity contribution in [3.63, 3.8) is 0 Å². The molecule has 2 rings (SSSR count). The van der Waals surface area contributed by atoms with Gasteiger partial charge >= 0.3 is 0 Å². The molecule has 1 aromatic rings. The van der Waals surface area contributed by atoms with Crippen molar-refractivity contribution >= 4 is 35.8 Å². The van der Waals surface area contributed by atoms with Gasteiger partial charge in [-0.15, -0.1) is 24.0 Å². The number of hydrogen-bond acceptors (Lipinski definition) is 5. The number of carbonyl (C=O) groups excluding carboxylic acids is 1. The smallest absolute Gasteiger partial charge is 0.287 e. The summed E-state index contributed by atoms with van der Waals surface area (Å²) in [7, 11) is 1.71. The minimum absolute atomic E-state index is 0. The lowest BCUT2D eigenvalue weighted by Gasteiger charge is -2.13. The van der Waals surface area contributed by atoms with E-state index in [1.54, 1.807) is 19.2 Å². The summed E-state index contributed by atoms with van der Waals surface area (Å²) in [5, 5.41) is 9.11. The topological polar surface area (TPSA) is 97.1 Å². The molecule has 1 atom stereocenters. The zero-order valence-electron chi connectivity index (χ0n) is 15.2. The fourth-order valence-electron chi connectivity index (χ4n) is 2.44. The fraction of sp³-hybridized carbons (Fsp3) is 0.647. The molecule has 26 heavy (non-hydrogen) atoms. The van der Waals surface area contributed by atoms with Crippen LogP contribution in [0.15, 0.2) is 27.8 Å². The number of nitrogens with one attached hydrogen (secondary N) is 3. The monoisotopic (exact) mass is 480 g/mol. The first-order valence-electron chi connectivity index (χ1n) is 8.75. The normalized spacial score (nSPS) is 16.8. The summed E-state index contributed by atoms with van der Waals surface area (Å²) in [6.07, 6.45) is 4.88. The molecular formula is C17H29IN4O4. The SMILES string of the molecule is CN=C(NCCCOCC1CCCO1)NCCNC(=O)c1ccco1.I. The van der Waals surface area contributed by atoms with E-state index in [1.165, 1.54) is 6.26 Å². The number of furan rings is 1. The Balaban J connectivity index is 0.00000338. The fourth-order valence-corrected chi connectivity index (χ4v) is 2.44. The van der Waals surface area contributed by atoms with Crippen molar-refractivity contribution in [3.05, 3.63) is 24.2 Å². The van der Waals surface area contributed by atoms with Gasteiger partial charge in [-0.25, -0.2) is 0 Å². The van der Waals surface area contributed by atoms with Crippen molar-refractivity contribution in [2.75, 3.05) is 46.5 Å². The molecule has 1 saturated heterocycles. The van der Waals surface area contributed by atoms with Crippen molar-refractivity contribution in [1.29, 1.82) is 0 Å². The zero-order valence-corrected chi connectivity index (χ0v) is 17.5. The van der Waals surface area contributed by atoms with Crippen molar-refractivity contribution in [2.24, 2.45) is 4.99 Å². The predicted molar refractivity (Wildman–Crippen MR) is 110 cm³/mol. The van der Waals surface area contributed by atoms with E-state index in [0.29, 0.717) is 38.0 Å². The molecule has 2 heterocycles. The van der Waals surface area contributed by atoms with Crippen LogP contribution in [0.1, 0.15) is 29.8 Å². The summed E-state index contributed by atoms with van der Waals surface area (Å²) >= 11 is 0. The van der Waals surface area contributed by atoms with Gasteiger partial charge in [-0.1, -0.05) is 0 Å². The van der Waals surface area contributed by atoms with Gasteiger partial charge in [0.25, 0.3) is 5.91 Å². The van der Waals surface area contributed by atoms with Crippen LogP contribution in [0.2, 0.25) is 0 Å². The summed E-state index contributed by atoms with van der Waals surface area (Å²) in [6.45, 7) is 4.06. The highest BCUT2D eigenvalue weighted by Crippen LogP contribution is 2.11. The van der Waals surface area contributed by atoms with Gasteiger partial charge in [0, 0.05) is 39.9 Å². The van der Waals surface area contributed by atoms with Crippen LogP contribution in [0.5, 0.6) is 0 Å². The number of ether oxygens (including phenoxy) is 2. The van der Waals surface area contributed by atoms with Crippen LogP contribution in [0.4, 0.5) is 0 Å². The minimum atomic E-state index is -0.224. The molecule has 0 bridgehead atoms. The average Bonchev–Trinajstić information content (AvgIpc) is 3.33. The Morgan fingerprint density at radius 2 is 2.12 bits per heavy atom. The molecule has 1 amide bonds. The first-order chi connectivity index (χ1) is 12.3. The van der Waals surface area contributed by atoms with E-state index >= 15 is 0 Å². The second-order valence-corrected chi connectivity index (χ2v) is 5.72. The van der Waals surface area contributed by atoms with Crippen LogP contribution >= 0.6 is 24.0 Å². The number of hydrogen-bond donors (Lipinski definition) is 3. The maximum Gasteiger partial charge on any atom is 0.287 e. The van der Waals surface area contributed by atoms with E-state index in [2.05, 4.69) is 20.9 Å². The molecular weight excluding hydrogens is 451 g/mol. The van der Waals surface area contributed by atoms with E-state index in [9.17, 15) is 4.79 Å². The quantitative estimate of drug-likeness (QED) is 0.203. The number of nitrogens with zero attached hydrogens (tertiary/aromatic N) is 1. The Kier molecular flexibility index (Phi) is 12.1. The van der Waals surface area contributed by atoms with Crippen LogP contribution < -0.4 is 16.0 Å². The zero-order chi connectivity index (χ0) is 17.7. The highest BCUT2D eigenvalue weighted by Gasteiger charge is 2.14. The summed E-state index contributed by atoms with van der Waals surface area (Å²) in [4.78, 5) is 15.8. The molecule has 0 aliphatic carbocycles. The van der Waals surface area contributed by atoms with Gasteiger partial charge < -0.3 is 29.8 Å². The number of carbonyl (C=O) groups is 1. The summed E-state index contributed by atoms with van der Waals surface area (Å²) in [5.74, 6) is 0.787. The number of halogens is 1. The molecule has 0 radical (unpaired) electrons. The highest BCUT2D eigenvalue weighted by atomic mass is 127. The van der Waals surface area contributed by atoms with Crippen LogP contribution in [-0.2, 0) is 9.47 Å². The van der Waals surface area contributed by atoms with Gasteiger partial charge in [0.2, 0.25) is 0 Å². The third-order valence-corrected chi connectivity index (χ3v) is 3.76. The molecule has 0 saturated carbocycles. The molecule has 0 aromatic carbocycles. The van der Waals surface area contributed by atoms with E-state index in [0.717, 1.165) is 32.4 Å².